The highest BCUT2D eigenvalue weighted by Crippen LogP contribution is 2.22. The maximum absolute atomic E-state index is 13.3. The summed E-state index contributed by atoms with van der Waals surface area (Å²) in [6.45, 7) is 4.76. The van der Waals surface area contributed by atoms with Crippen molar-refractivity contribution in [1.29, 1.82) is 0 Å². The molecule has 0 amide bonds. The molecule has 0 radical (unpaired) electrons. The van der Waals surface area contributed by atoms with E-state index in [1.807, 2.05) is 32.0 Å². The minimum absolute atomic E-state index is 0.229. The Bertz CT molecular complexity index is 678. The van der Waals surface area contributed by atoms with Crippen LogP contribution in [0.1, 0.15) is 22.3 Å². The average molecular weight is 283 g/mol. The quantitative estimate of drug-likeness (QED) is 0.877. The van der Waals surface area contributed by atoms with Crippen LogP contribution >= 0.6 is 0 Å². The van der Waals surface area contributed by atoms with Crippen LogP contribution in [-0.2, 0) is 6.61 Å². The van der Waals surface area contributed by atoms with Crippen molar-refractivity contribution in [1.82, 2.24) is 0 Å². The molecule has 0 aromatic heterocycles. The third kappa shape index (κ3) is 3.84. The standard InChI is InChI=1S/C18H18FNO/c1-13-5-3-6-14(2)17(13)12-21-18-9-8-16(19)11-15(18)7-4-10-20/h3,5-6,8-9,11H,10,12,20H2,1-2H3. The fourth-order valence-corrected chi connectivity index (χ4v) is 2.10. The van der Waals surface area contributed by atoms with Crippen LogP contribution in [0.3, 0.4) is 0 Å². The van der Waals surface area contributed by atoms with E-state index in [-0.39, 0.29) is 12.4 Å². The molecule has 0 spiro atoms. The van der Waals surface area contributed by atoms with Crippen LogP contribution in [0.5, 0.6) is 5.75 Å². The summed E-state index contributed by atoms with van der Waals surface area (Å²) in [4.78, 5) is 0. The summed E-state index contributed by atoms with van der Waals surface area (Å²) in [6.07, 6.45) is 0. The van der Waals surface area contributed by atoms with Gasteiger partial charge in [0.25, 0.3) is 0 Å². The summed E-state index contributed by atoms with van der Waals surface area (Å²) in [5.41, 5.74) is 9.37. The van der Waals surface area contributed by atoms with Crippen LogP contribution in [0, 0.1) is 31.5 Å². The van der Waals surface area contributed by atoms with Crippen LogP contribution in [0.25, 0.3) is 0 Å². The summed E-state index contributed by atoms with van der Waals surface area (Å²) in [5, 5.41) is 0. The molecule has 0 saturated carbocycles. The lowest BCUT2D eigenvalue weighted by Gasteiger charge is -2.12. The highest BCUT2D eigenvalue weighted by molar-refractivity contribution is 5.46. The topological polar surface area (TPSA) is 35.2 Å². The maximum Gasteiger partial charge on any atom is 0.135 e. The third-order valence-electron chi connectivity index (χ3n) is 3.28. The molecular weight excluding hydrogens is 265 g/mol. The Morgan fingerprint density at radius 2 is 1.86 bits per heavy atom. The largest absolute Gasteiger partial charge is 0.488 e. The molecule has 0 unspecified atom stereocenters. The Hall–Kier alpha value is -2.31. The first kappa shape index (κ1) is 15.1. The molecule has 0 bridgehead atoms. The van der Waals surface area contributed by atoms with Crippen LogP contribution in [0.2, 0.25) is 0 Å². The van der Waals surface area contributed by atoms with Crippen molar-refractivity contribution in [3.8, 4) is 17.6 Å². The van der Waals surface area contributed by atoms with Gasteiger partial charge in [0, 0.05) is 0 Å². The van der Waals surface area contributed by atoms with Gasteiger partial charge in [0.05, 0.1) is 12.1 Å². The first-order chi connectivity index (χ1) is 10.1. The maximum atomic E-state index is 13.3. The monoisotopic (exact) mass is 283 g/mol. The van der Waals surface area contributed by atoms with E-state index in [4.69, 9.17) is 10.5 Å². The predicted molar refractivity (Wildman–Crippen MR) is 82.6 cm³/mol. The van der Waals surface area contributed by atoms with Gasteiger partial charge in [0.15, 0.2) is 0 Å². The minimum Gasteiger partial charge on any atom is -0.488 e. The van der Waals surface area contributed by atoms with Crippen molar-refractivity contribution in [3.05, 3.63) is 64.5 Å². The van der Waals surface area contributed by atoms with Crippen molar-refractivity contribution < 1.29 is 9.13 Å². The molecule has 0 aliphatic rings. The van der Waals surface area contributed by atoms with Gasteiger partial charge in [0.1, 0.15) is 18.2 Å². The predicted octanol–water partition coefficient (Wildman–Crippen LogP) is 3.33. The Balaban J connectivity index is 2.24. The zero-order valence-corrected chi connectivity index (χ0v) is 12.2. The van der Waals surface area contributed by atoms with Crippen molar-refractivity contribution in [2.45, 2.75) is 20.5 Å². The molecule has 0 fully saturated rings. The van der Waals surface area contributed by atoms with Crippen LogP contribution in [0.4, 0.5) is 4.39 Å². The lowest BCUT2D eigenvalue weighted by Crippen LogP contribution is -2.02. The van der Waals surface area contributed by atoms with Crippen molar-refractivity contribution >= 4 is 0 Å². The average Bonchev–Trinajstić information content (AvgIpc) is 2.46. The van der Waals surface area contributed by atoms with E-state index in [1.54, 1.807) is 6.07 Å². The first-order valence-electron chi connectivity index (χ1n) is 6.78. The lowest BCUT2D eigenvalue weighted by atomic mass is 10.0. The number of ether oxygens (including phenoxy) is 1. The van der Waals surface area contributed by atoms with Gasteiger partial charge in [-0.2, -0.15) is 0 Å². The molecule has 0 atom stereocenters. The highest BCUT2D eigenvalue weighted by atomic mass is 19.1. The van der Waals surface area contributed by atoms with Gasteiger partial charge in [-0.3, -0.25) is 0 Å². The molecule has 0 heterocycles. The van der Waals surface area contributed by atoms with E-state index >= 15 is 0 Å². The van der Waals surface area contributed by atoms with Crippen LogP contribution < -0.4 is 10.5 Å². The summed E-state index contributed by atoms with van der Waals surface area (Å²) in [6, 6.07) is 10.4. The summed E-state index contributed by atoms with van der Waals surface area (Å²) in [5.74, 6) is 5.80. The molecule has 3 heteroatoms. The van der Waals surface area contributed by atoms with Crippen molar-refractivity contribution in [2.75, 3.05) is 6.54 Å². The lowest BCUT2D eigenvalue weighted by molar-refractivity contribution is 0.303. The third-order valence-corrected chi connectivity index (χ3v) is 3.28. The molecular formula is C18H18FNO. The molecule has 0 aliphatic carbocycles. The SMILES string of the molecule is Cc1cccc(C)c1COc1ccc(F)cc1C#CCN. The molecule has 108 valence electrons. The summed E-state index contributed by atoms with van der Waals surface area (Å²) >= 11 is 0. The molecule has 0 saturated heterocycles. The fourth-order valence-electron chi connectivity index (χ4n) is 2.10. The summed E-state index contributed by atoms with van der Waals surface area (Å²) < 4.78 is 19.1. The van der Waals surface area contributed by atoms with E-state index in [2.05, 4.69) is 11.8 Å². The number of hydrogen-bond donors (Lipinski definition) is 1. The van der Waals surface area contributed by atoms with Crippen LogP contribution in [0.15, 0.2) is 36.4 Å². The molecule has 2 aromatic rings. The first-order valence-corrected chi connectivity index (χ1v) is 6.78. The van der Waals surface area contributed by atoms with Gasteiger partial charge in [-0.1, -0.05) is 30.0 Å². The Morgan fingerprint density at radius 3 is 2.52 bits per heavy atom. The number of hydrogen-bond acceptors (Lipinski definition) is 2. The number of benzene rings is 2. The van der Waals surface area contributed by atoms with Gasteiger partial charge >= 0.3 is 0 Å². The molecule has 2 aromatic carbocycles. The molecule has 0 aliphatic heterocycles. The number of aryl methyl sites for hydroxylation is 2. The van der Waals surface area contributed by atoms with Crippen molar-refractivity contribution in [2.24, 2.45) is 5.73 Å². The highest BCUT2D eigenvalue weighted by Gasteiger charge is 2.07. The van der Waals surface area contributed by atoms with Gasteiger partial charge < -0.3 is 10.5 Å². The molecule has 2 N–H and O–H groups in total. The van der Waals surface area contributed by atoms with Crippen LogP contribution in [-0.4, -0.2) is 6.54 Å². The zero-order chi connectivity index (χ0) is 15.2. The summed E-state index contributed by atoms with van der Waals surface area (Å²) in [7, 11) is 0. The van der Waals surface area contributed by atoms with E-state index in [9.17, 15) is 4.39 Å². The van der Waals surface area contributed by atoms with Gasteiger partial charge in [-0.05, 0) is 48.7 Å². The number of nitrogens with two attached hydrogens (primary N) is 1. The second-order valence-electron chi connectivity index (χ2n) is 4.81. The number of rotatable bonds is 3. The number of halogens is 1. The smallest absolute Gasteiger partial charge is 0.135 e. The second-order valence-corrected chi connectivity index (χ2v) is 4.81. The van der Waals surface area contributed by atoms with E-state index in [1.165, 1.54) is 23.3 Å². The van der Waals surface area contributed by atoms with Gasteiger partial charge in [-0.15, -0.1) is 0 Å². The fraction of sp³-hybridized carbons (Fsp3) is 0.222. The van der Waals surface area contributed by atoms with Crippen molar-refractivity contribution in [3.63, 3.8) is 0 Å². The molecule has 2 rings (SSSR count). The minimum atomic E-state index is -0.337. The molecule has 21 heavy (non-hydrogen) atoms. The van der Waals surface area contributed by atoms with Gasteiger partial charge in [0.2, 0.25) is 0 Å². The zero-order valence-electron chi connectivity index (χ0n) is 12.2. The Labute approximate surface area is 124 Å². The van der Waals surface area contributed by atoms with Gasteiger partial charge in [-0.25, -0.2) is 4.39 Å². The normalized spacial score (nSPS) is 9.90. The van der Waals surface area contributed by atoms with E-state index in [0.717, 1.165) is 5.56 Å². The Morgan fingerprint density at radius 1 is 1.14 bits per heavy atom. The Kier molecular flexibility index (Phi) is 4.97. The van der Waals surface area contributed by atoms with E-state index in [0.29, 0.717) is 17.9 Å². The molecule has 2 nitrogen and oxygen atoms in total. The second kappa shape index (κ2) is 6.92. The van der Waals surface area contributed by atoms with E-state index < -0.39 is 0 Å².